The minimum absolute atomic E-state index is 0. The van der Waals surface area contributed by atoms with Gasteiger partial charge in [0.05, 0.1) is 5.92 Å². The van der Waals surface area contributed by atoms with Crippen molar-refractivity contribution in [1.82, 2.24) is 10.6 Å². The van der Waals surface area contributed by atoms with E-state index in [2.05, 4.69) is 16.0 Å². The molecule has 1 atom stereocenters. The Morgan fingerprint density at radius 2 is 1.91 bits per heavy atom. The van der Waals surface area contributed by atoms with Gasteiger partial charge in [-0.05, 0) is 57.5 Å². The molecule has 1 saturated heterocycles. The molecule has 1 fully saturated rings. The van der Waals surface area contributed by atoms with Crippen LogP contribution in [0.15, 0.2) is 24.3 Å². The van der Waals surface area contributed by atoms with Gasteiger partial charge in [0.2, 0.25) is 5.91 Å². The minimum atomic E-state index is -0.223. The Labute approximate surface area is 144 Å². The largest absolute Gasteiger partial charge is 0.347 e. The van der Waals surface area contributed by atoms with E-state index in [-0.39, 0.29) is 35.7 Å². The highest BCUT2D eigenvalue weighted by Gasteiger charge is 2.22. The van der Waals surface area contributed by atoms with Crippen LogP contribution in [0.3, 0.4) is 0 Å². The number of hydrogen-bond acceptors (Lipinski definition) is 3. The van der Waals surface area contributed by atoms with Crippen molar-refractivity contribution in [2.45, 2.75) is 39.2 Å². The molecule has 6 heteroatoms. The van der Waals surface area contributed by atoms with Crippen molar-refractivity contribution in [2.75, 3.05) is 18.4 Å². The maximum atomic E-state index is 12.2. The molecule has 1 aromatic rings. The summed E-state index contributed by atoms with van der Waals surface area (Å²) < 4.78 is 0. The van der Waals surface area contributed by atoms with Crippen LogP contribution in [-0.2, 0) is 4.79 Å². The molecule has 1 unspecified atom stereocenters. The van der Waals surface area contributed by atoms with E-state index in [0.29, 0.717) is 5.56 Å². The Balaban J connectivity index is 0.00000264. The van der Waals surface area contributed by atoms with Crippen molar-refractivity contribution < 1.29 is 9.59 Å². The zero-order valence-corrected chi connectivity index (χ0v) is 14.8. The third kappa shape index (κ3) is 5.52. The number of anilines is 1. The van der Waals surface area contributed by atoms with Crippen LogP contribution in [0.5, 0.6) is 0 Å². The lowest BCUT2D eigenvalue weighted by molar-refractivity contribution is -0.119. The van der Waals surface area contributed by atoms with E-state index in [1.165, 1.54) is 0 Å². The zero-order valence-electron chi connectivity index (χ0n) is 13.9. The molecule has 23 heavy (non-hydrogen) atoms. The molecule has 0 saturated carbocycles. The fourth-order valence-electron chi connectivity index (χ4n) is 2.30. The molecule has 2 amide bonds. The van der Waals surface area contributed by atoms with E-state index in [1.54, 1.807) is 24.3 Å². The summed E-state index contributed by atoms with van der Waals surface area (Å²) in [5, 5.41) is 9.07. The topological polar surface area (TPSA) is 70.2 Å². The highest BCUT2D eigenvalue weighted by Crippen LogP contribution is 2.15. The van der Waals surface area contributed by atoms with Gasteiger partial charge in [-0.15, -0.1) is 12.4 Å². The third-order valence-electron chi connectivity index (χ3n) is 4.18. The second-order valence-corrected chi connectivity index (χ2v) is 6.45. The summed E-state index contributed by atoms with van der Waals surface area (Å²) in [6, 6.07) is 7.02. The van der Waals surface area contributed by atoms with Gasteiger partial charge in [0.25, 0.3) is 5.91 Å². The van der Waals surface area contributed by atoms with Crippen LogP contribution < -0.4 is 16.0 Å². The first kappa shape index (κ1) is 19.5. The Hall–Kier alpha value is -1.59. The monoisotopic (exact) mass is 339 g/mol. The average Bonchev–Trinajstić information content (AvgIpc) is 3.02. The van der Waals surface area contributed by atoms with Gasteiger partial charge in [0.15, 0.2) is 0 Å². The Morgan fingerprint density at radius 3 is 2.43 bits per heavy atom. The maximum Gasteiger partial charge on any atom is 0.251 e. The van der Waals surface area contributed by atoms with Gasteiger partial charge in [0, 0.05) is 23.3 Å². The van der Waals surface area contributed by atoms with Crippen molar-refractivity contribution in [3.8, 4) is 0 Å². The van der Waals surface area contributed by atoms with Gasteiger partial charge < -0.3 is 16.0 Å². The predicted molar refractivity (Wildman–Crippen MR) is 95.1 cm³/mol. The van der Waals surface area contributed by atoms with Gasteiger partial charge in [-0.1, -0.05) is 6.92 Å². The van der Waals surface area contributed by atoms with E-state index in [0.717, 1.165) is 31.6 Å². The smallest absolute Gasteiger partial charge is 0.251 e. The summed E-state index contributed by atoms with van der Waals surface area (Å²) in [6.45, 7) is 7.66. The molecular weight excluding hydrogens is 314 g/mol. The number of amides is 2. The van der Waals surface area contributed by atoms with Gasteiger partial charge >= 0.3 is 0 Å². The number of rotatable bonds is 5. The summed E-state index contributed by atoms with van der Waals surface area (Å²) in [4.78, 5) is 24.2. The van der Waals surface area contributed by atoms with Gasteiger partial charge in [-0.3, -0.25) is 9.59 Å². The highest BCUT2D eigenvalue weighted by atomic mass is 35.5. The zero-order chi connectivity index (χ0) is 16.2. The standard InChI is InChI=1S/C17H25N3O2.ClH/c1-4-17(2,3)20-16(22)12-5-7-14(8-6-12)19-15(21)13-9-10-18-11-13;/h5-8,13,18H,4,9-11H2,1-3H3,(H,19,21)(H,20,22);1H. The SMILES string of the molecule is CCC(C)(C)NC(=O)c1ccc(NC(=O)C2CCNC2)cc1.Cl. The van der Waals surface area contributed by atoms with E-state index in [1.807, 2.05) is 20.8 Å². The van der Waals surface area contributed by atoms with Crippen LogP contribution in [0.2, 0.25) is 0 Å². The van der Waals surface area contributed by atoms with Crippen molar-refractivity contribution >= 4 is 29.9 Å². The van der Waals surface area contributed by atoms with Crippen molar-refractivity contribution in [2.24, 2.45) is 5.92 Å². The molecule has 0 bridgehead atoms. The number of carbonyl (C=O) groups excluding carboxylic acids is 2. The molecule has 128 valence electrons. The second kappa shape index (κ2) is 8.31. The van der Waals surface area contributed by atoms with Gasteiger partial charge in [0.1, 0.15) is 0 Å². The van der Waals surface area contributed by atoms with Crippen LogP contribution in [0.4, 0.5) is 5.69 Å². The van der Waals surface area contributed by atoms with Crippen LogP contribution in [0, 0.1) is 5.92 Å². The molecule has 1 heterocycles. The molecule has 1 aliphatic rings. The van der Waals surface area contributed by atoms with Crippen LogP contribution in [0.25, 0.3) is 0 Å². The number of hydrogen-bond donors (Lipinski definition) is 3. The van der Waals surface area contributed by atoms with Crippen molar-refractivity contribution in [1.29, 1.82) is 0 Å². The molecule has 3 N–H and O–H groups in total. The van der Waals surface area contributed by atoms with E-state index in [4.69, 9.17) is 0 Å². The number of nitrogens with one attached hydrogen (secondary N) is 3. The average molecular weight is 340 g/mol. The fraction of sp³-hybridized carbons (Fsp3) is 0.529. The van der Waals surface area contributed by atoms with E-state index >= 15 is 0 Å². The lowest BCUT2D eigenvalue weighted by atomic mass is 10.0. The molecule has 2 rings (SSSR count). The van der Waals surface area contributed by atoms with Crippen LogP contribution in [-0.4, -0.2) is 30.4 Å². The molecule has 0 aromatic heterocycles. The molecule has 0 radical (unpaired) electrons. The van der Waals surface area contributed by atoms with Crippen LogP contribution in [0.1, 0.15) is 44.0 Å². The summed E-state index contributed by atoms with van der Waals surface area (Å²) in [6.07, 6.45) is 1.74. The Morgan fingerprint density at radius 1 is 1.26 bits per heavy atom. The Bertz CT molecular complexity index is 537. The Kier molecular flexibility index (Phi) is 7.03. The van der Waals surface area contributed by atoms with E-state index < -0.39 is 0 Å². The summed E-state index contributed by atoms with van der Waals surface area (Å²) in [5.41, 5.74) is 1.10. The second-order valence-electron chi connectivity index (χ2n) is 6.45. The van der Waals surface area contributed by atoms with Crippen molar-refractivity contribution in [3.05, 3.63) is 29.8 Å². The first-order valence-electron chi connectivity index (χ1n) is 7.85. The molecule has 5 nitrogen and oxygen atoms in total. The van der Waals surface area contributed by atoms with E-state index in [9.17, 15) is 9.59 Å². The van der Waals surface area contributed by atoms with Crippen molar-refractivity contribution in [3.63, 3.8) is 0 Å². The number of benzene rings is 1. The molecule has 1 aromatic carbocycles. The molecule has 1 aliphatic heterocycles. The third-order valence-corrected chi connectivity index (χ3v) is 4.18. The maximum absolute atomic E-state index is 12.2. The minimum Gasteiger partial charge on any atom is -0.347 e. The van der Waals surface area contributed by atoms with Crippen LogP contribution >= 0.6 is 12.4 Å². The summed E-state index contributed by atoms with van der Waals surface area (Å²) in [5.74, 6) is -0.0210. The molecular formula is C17H26ClN3O2. The molecule has 0 spiro atoms. The lowest BCUT2D eigenvalue weighted by Crippen LogP contribution is -2.42. The quantitative estimate of drug-likeness (QED) is 0.772. The van der Waals surface area contributed by atoms with Gasteiger partial charge in [-0.25, -0.2) is 0 Å². The first-order chi connectivity index (χ1) is 10.4. The first-order valence-corrected chi connectivity index (χ1v) is 7.85. The summed E-state index contributed by atoms with van der Waals surface area (Å²) in [7, 11) is 0. The normalized spacial score (nSPS) is 17.3. The van der Waals surface area contributed by atoms with Gasteiger partial charge in [-0.2, -0.15) is 0 Å². The molecule has 0 aliphatic carbocycles. The lowest BCUT2D eigenvalue weighted by Gasteiger charge is -2.24. The number of halogens is 1. The predicted octanol–water partition coefficient (Wildman–Crippen LogP) is 2.57. The highest BCUT2D eigenvalue weighted by molar-refractivity contribution is 5.96. The summed E-state index contributed by atoms with van der Waals surface area (Å²) >= 11 is 0. The fourth-order valence-corrected chi connectivity index (χ4v) is 2.30. The number of carbonyl (C=O) groups is 2.